The van der Waals surface area contributed by atoms with Gasteiger partial charge in [0, 0.05) is 25.2 Å². The van der Waals surface area contributed by atoms with Gasteiger partial charge in [-0.25, -0.2) is 0 Å². The van der Waals surface area contributed by atoms with Crippen LogP contribution in [0.4, 0.5) is 18.9 Å². The highest BCUT2D eigenvalue weighted by Crippen LogP contribution is 2.42. The Morgan fingerprint density at radius 1 is 1.22 bits per heavy atom. The predicted octanol–water partition coefficient (Wildman–Crippen LogP) is 3.58. The molecule has 0 aliphatic carbocycles. The second-order valence-corrected chi connectivity index (χ2v) is 8.86. The summed E-state index contributed by atoms with van der Waals surface area (Å²) < 4.78 is 40.7. The third kappa shape index (κ3) is 7.48. The van der Waals surface area contributed by atoms with Gasteiger partial charge in [0.15, 0.2) is 0 Å². The normalized spacial score (nSPS) is 15.2. The molecule has 0 atom stereocenters. The first kappa shape index (κ1) is 27.6. The van der Waals surface area contributed by atoms with Gasteiger partial charge >= 0.3 is 6.18 Å². The number of nitrogens with zero attached hydrogens (tertiary/aromatic N) is 3. The minimum atomic E-state index is -4.82. The van der Waals surface area contributed by atoms with Crippen molar-refractivity contribution in [3.63, 3.8) is 0 Å². The number of nitrogens with two attached hydrogens (primary N) is 2. The molecule has 1 aliphatic heterocycles. The molecule has 1 aliphatic rings. The van der Waals surface area contributed by atoms with Crippen LogP contribution in [0.3, 0.4) is 0 Å². The highest BCUT2D eigenvalue weighted by atomic mass is 19.4. The van der Waals surface area contributed by atoms with E-state index in [1.165, 1.54) is 12.1 Å². The van der Waals surface area contributed by atoms with Crippen molar-refractivity contribution in [3.8, 4) is 5.75 Å². The van der Waals surface area contributed by atoms with E-state index in [1.807, 2.05) is 23.1 Å². The molecule has 0 aromatic heterocycles. The molecule has 1 saturated heterocycles. The van der Waals surface area contributed by atoms with Crippen molar-refractivity contribution in [1.29, 1.82) is 5.41 Å². The number of amidine groups is 2. The summed E-state index contributed by atoms with van der Waals surface area (Å²) in [5.41, 5.74) is 11.4. The van der Waals surface area contributed by atoms with Crippen LogP contribution in [0.5, 0.6) is 5.75 Å². The molecule has 3 rings (SSSR count). The third-order valence-corrected chi connectivity index (χ3v) is 6.07. The van der Waals surface area contributed by atoms with Crippen molar-refractivity contribution in [3.05, 3.63) is 65.2 Å². The highest BCUT2D eigenvalue weighted by Gasteiger charge is 2.38. The lowest BCUT2D eigenvalue weighted by Gasteiger charge is -2.31. The number of carbonyl (C=O) groups excluding carboxylic acids is 1. The molecule has 1 heterocycles. The summed E-state index contributed by atoms with van der Waals surface area (Å²) in [6.07, 6.45) is 0.101. The highest BCUT2D eigenvalue weighted by molar-refractivity contribution is 5.98. The van der Waals surface area contributed by atoms with Gasteiger partial charge in [0.25, 0.3) is 0 Å². The molecule has 0 bridgehead atoms. The Bertz CT molecular complexity index is 1190. The summed E-state index contributed by atoms with van der Waals surface area (Å²) in [5.74, 6) is -0.796. The minimum Gasteiger partial charge on any atom is -0.507 e. The van der Waals surface area contributed by atoms with Gasteiger partial charge in [0.1, 0.15) is 17.1 Å². The van der Waals surface area contributed by atoms with Crippen LogP contribution < -0.4 is 16.4 Å². The summed E-state index contributed by atoms with van der Waals surface area (Å²) in [6.45, 7) is 2.76. The Labute approximate surface area is 213 Å². The number of aromatic hydroxyl groups is 1. The number of phenolic OH excluding ortho intramolecular Hbond substituents is 1. The summed E-state index contributed by atoms with van der Waals surface area (Å²) in [6, 6.07) is 10.7. The zero-order chi connectivity index (χ0) is 27.2. The van der Waals surface area contributed by atoms with Crippen molar-refractivity contribution >= 4 is 29.3 Å². The number of halogens is 3. The number of anilines is 1. The third-order valence-electron chi connectivity index (χ3n) is 6.07. The lowest BCUT2D eigenvalue weighted by atomic mass is 10.0. The van der Waals surface area contributed by atoms with E-state index in [1.54, 1.807) is 25.1 Å². The van der Waals surface area contributed by atoms with Gasteiger partial charge in [-0.3, -0.25) is 15.2 Å². The average Bonchev–Trinajstić information content (AvgIpc) is 2.82. The van der Waals surface area contributed by atoms with Crippen molar-refractivity contribution in [2.24, 2.45) is 16.5 Å². The maximum absolute atomic E-state index is 13.6. The molecule has 0 spiro atoms. The van der Waals surface area contributed by atoms with E-state index in [2.05, 4.69) is 4.99 Å². The summed E-state index contributed by atoms with van der Waals surface area (Å²) in [4.78, 5) is 19.4. The Balaban J connectivity index is 1.75. The molecule has 2 aromatic carbocycles. The number of likely N-dealkylation sites (tertiary alicyclic amines) is 1. The van der Waals surface area contributed by atoms with Crippen LogP contribution in [0.15, 0.2) is 53.5 Å². The van der Waals surface area contributed by atoms with Gasteiger partial charge in [-0.05, 0) is 43.5 Å². The molecule has 0 unspecified atom stereocenters. The number of primary amides is 1. The van der Waals surface area contributed by atoms with Gasteiger partial charge in [-0.1, -0.05) is 36.4 Å². The van der Waals surface area contributed by atoms with Crippen molar-refractivity contribution in [2.45, 2.75) is 32.0 Å². The van der Waals surface area contributed by atoms with Crippen molar-refractivity contribution < 1.29 is 23.1 Å². The van der Waals surface area contributed by atoms with Crippen molar-refractivity contribution in [1.82, 2.24) is 4.90 Å². The molecular weight excluding hydrogens is 485 g/mol. The number of rotatable bonds is 8. The molecule has 37 heavy (non-hydrogen) atoms. The Hall–Kier alpha value is -4.02. The molecule has 6 N–H and O–H groups in total. The van der Waals surface area contributed by atoms with E-state index in [0.717, 1.165) is 42.5 Å². The Kier molecular flexibility index (Phi) is 8.80. The number of benzene rings is 2. The summed E-state index contributed by atoms with van der Waals surface area (Å²) in [7, 11) is 0. The van der Waals surface area contributed by atoms with Crippen LogP contribution in [-0.4, -0.2) is 59.8 Å². The molecule has 1 fully saturated rings. The zero-order valence-corrected chi connectivity index (χ0v) is 20.5. The largest absolute Gasteiger partial charge is 0.507 e. The van der Waals surface area contributed by atoms with E-state index in [4.69, 9.17) is 16.9 Å². The molecule has 0 saturated carbocycles. The number of hydrogen-bond acceptors (Lipinski definition) is 5. The fraction of sp³-hybridized carbons (Fsp3) is 0.346. The first-order valence-corrected chi connectivity index (χ1v) is 11.8. The predicted molar refractivity (Wildman–Crippen MR) is 139 cm³/mol. The van der Waals surface area contributed by atoms with Gasteiger partial charge in [0.2, 0.25) is 5.91 Å². The number of piperidine rings is 1. The number of hydrogen-bond donors (Lipinski definition) is 4. The van der Waals surface area contributed by atoms with Crippen LogP contribution in [0.2, 0.25) is 0 Å². The maximum atomic E-state index is 13.6. The van der Waals surface area contributed by atoms with Crippen LogP contribution in [0.1, 0.15) is 36.5 Å². The van der Waals surface area contributed by atoms with Crippen LogP contribution in [0, 0.1) is 5.41 Å². The molecule has 1 amide bonds. The average molecular weight is 517 g/mol. The van der Waals surface area contributed by atoms with Crippen molar-refractivity contribution in [2.75, 3.05) is 31.1 Å². The Morgan fingerprint density at radius 3 is 2.51 bits per heavy atom. The number of amides is 1. The van der Waals surface area contributed by atoms with Gasteiger partial charge in [-0.2, -0.15) is 13.2 Å². The van der Waals surface area contributed by atoms with E-state index in [-0.39, 0.29) is 18.3 Å². The van der Waals surface area contributed by atoms with E-state index in [9.17, 15) is 23.1 Å². The Morgan fingerprint density at radius 2 is 1.89 bits per heavy atom. The zero-order valence-electron chi connectivity index (χ0n) is 20.5. The second kappa shape index (κ2) is 11.8. The first-order valence-electron chi connectivity index (χ1n) is 11.8. The standard InChI is InChI=1S/C26H31F3N6O2/c1-17(30)34-13-10-20(11-14-34)33-25(32)19-7-2-5-18(15-19)6-4-12-35(16-23(31)37)21-8-3-9-22(36)24(21)26(27,28)29/h2-9,15,20,30,36H,10-14,16H2,1H3,(H2,31,37)(H2,32,33)/b6-4+,30-17?. The summed E-state index contributed by atoms with van der Waals surface area (Å²) >= 11 is 0. The van der Waals surface area contributed by atoms with Gasteiger partial charge in [0.05, 0.1) is 24.1 Å². The van der Waals surface area contributed by atoms with E-state index in [0.29, 0.717) is 17.2 Å². The molecule has 0 radical (unpaired) electrons. The monoisotopic (exact) mass is 516 g/mol. The number of nitrogens with one attached hydrogen (secondary N) is 1. The van der Waals surface area contributed by atoms with Gasteiger partial charge < -0.3 is 26.4 Å². The number of alkyl halides is 3. The molecule has 198 valence electrons. The van der Waals surface area contributed by atoms with Crippen LogP contribution in [0.25, 0.3) is 6.08 Å². The number of phenols is 1. The molecule has 11 heteroatoms. The fourth-order valence-corrected chi connectivity index (χ4v) is 4.24. The van der Waals surface area contributed by atoms with E-state index >= 15 is 0 Å². The lowest BCUT2D eigenvalue weighted by molar-refractivity contribution is -0.138. The lowest BCUT2D eigenvalue weighted by Crippen LogP contribution is -2.38. The topological polar surface area (TPSA) is 132 Å². The molecular formula is C26H31F3N6O2. The quantitative estimate of drug-likeness (QED) is 0.315. The molecule has 8 nitrogen and oxygen atoms in total. The smallest absolute Gasteiger partial charge is 0.421 e. The minimum absolute atomic E-state index is 0.0612. The number of aliphatic imine (C=N–C) groups is 1. The van der Waals surface area contributed by atoms with Crippen LogP contribution >= 0.6 is 0 Å². The van der Waals surface area contributed by atoms with Crippen LogP contribution in [-0.2, 0) is 11.0 Å². The molecule has 2 aromatic rings. The first-order chi connectivity index (χ1) is 17.5. The van der Waals surface area contributed by atoms with E-state index < -0.39 is 29.9 Å². The second-order valence-electron chi connectivity index (χ2n) is 8.86. The maximum Gasteiger partial charge on any atom is 0.421 e. The summed E-state index contributed by atoms with van der Waals surface area (Å²) in [5, 5.41) is 17.6. The fourth-order valence-electron chi connectivity index (χ4n) is 4.24. The SMILES string of the molecule is CC(=N)N1CCC(N=C(N)c2cccc(/C=C/CN(CC(N)=O)c3cccc(O)c3C(F)(F)F)c2)CC1. The van der Waals surface area contributed by atoms with Gasteiger partial charge in [-0.15, -0.1) is 0 Å². The number of carbonyl (C=O) groups is 1.